The molecule has 0 aliphatic heterocycles. The molecule has 0 atom stereocenters. The number of hydrogen-bond acceptors (Lipinski definition) is 5. The lowest BCUT2D eigenvalue weighted by Gasteiger charge is -2.11. The van der Waals surface area contributed by atoms with Crippen LogP contribution < -0.4 is 10.1 Å². The fourth-order valence-corrected chi connectivity index (χ4v) is 3.45. The second-order valence-corrected chi connectivity index (χ2v) is 7.56. The van der Waals surface area contributed by atoms with Gasteiger partial charge in [0.2, 0.25) is 0 Å². The molecule has 11 heteroatoms. The zero-order chi connectivity index (χ0) is 24.3. The van der Waals surface area contributed by atoms with Crippen LogP contribution in [-0.2, 0) is 24.2 Å². The summed E-state index contributed by atoms with van der Waals surface area (Å²) < 4.78 is 42.2. The van der Waals surface area contributed by atoms with Gasteiger partial charge in [-0.1, -0.05) is 41.0 Å². The molecule has 34 heavy (non-hydrogen) atoms. The second kappa shape index (κ2) is 9.52. The number of alkyl halides is 3. The lowest BCUT2D eigenvalue weighted by atomic mass is 10.0. The molecule has 0 spiro atoms. The van der Waals surface area contributed by atoms with Crippen molar-refractivity contribution in [2.75, 3.05) is 0 Å². The van der Waals surface area contributed by atoms with E-state index < -0.39 is 23.2 Å². The van der Waals surface area contributed by atoms with Gasteiger partial charge in [-0.2, -0.15) is 22.1 Å². The lowest BCUT2D eigenvalue weighted by Crippen LogP contribution is -2.41. The Labute approximate surface area is 196 Å². The van der Waals surface area contributed by atoms with Crippen LogP contribution in [-0.4, -0.2) is 20.7 Å². The Bertz CT molecular complexity index is 1420. The third kappa shape index (κ3) is 4.86. The normalized spacial score (nSPS) is 11.9. The molecule has 174 valence electrons. The SMILES string of the molecule is O=c1c(-c2cccc(C(F)(F)F)c2)c(O)[n+](C/C=N/OCc2ccc(Cl)nc2)c2ccccn12. The standard InChI is InChI=1S/C23H16ClF3N4O3/c24-18-8-7-15(13-28-18)14-34-29-9-11-31-19-6-1-2-10-30(19)21(32)20(22(31)33)16-4-3-5-17(12-16)23(25,26)27/h1-10,12-13H,11,14H2/p+1/b29-9+. The molecule has 0 unspecified atom stereocenters. The highest BCUT2D eigenvalue weighted by molar-refractivity contribution is 6.29. The quantitative estimate of drug-likeness (QED) is 0.190. The third-order valence-electron chi connectivity index (χ3n) is 4.94. The number of halogens is 4. The average molecular weight is 490 g/mol. The van der Waals surface area contributed by atoms with Gasteiger partial charge in [0.15, 0.2) is 5.56 Å². The number of oxime groups is 1. The van der Waals surface area contributed by atoms with E-state index in [9.17, 15) is 23.1 Å². The van der Waals surface area contributed by atoms with Gasteiger partial charge in [-0.3, -0.25) is 0 Å². The van der Waals surface area contributed by atoms with E-state index in [4.69, 9.17) is 16.4 Å². The van der Waals surface area contributed by atoms with E-state index in [0.717, 1.165) is 17.7 Å². The number of nitrogens with zero attached hydrogens (tertiary/aromatic N) is 4. The summed E-state index contributed by atoms with van der Waals surface area (Å²) in [7, 11) is 0. The van der Waals surface area contributed by atoms with Crippen molar-refractivity contribution in [1.82, 2.24) is 9.38 Å². The topological polar surface area (TPSA) is 80.1 Å². The maximum Gasteiger partial charge on any atom is 0.416 e. The number of benzene rings is 1. The molecular weight excluding hydrogens is 473 g/mol. The minimum Gasteiger partial charge on any atom is -0.477 e. The van der Waals surface area contributed by atoms with Crippen LogP contribution in [0.2, 0.25) is 5.15 Å². The highest BCUT2D eigenvalue weighted by Gasteiger charge is 2.32. The number of fused-ring (bicyclic) bond motifs is 1. The Morgan fingerprint density at radius 2 is 2.00 bits per heavy atom. The number of aromatic nitrogens is 3. The first-order valence-electron chi connectivity index (χ1n) is 9.93. The zero-order valence-corrected chi connectivity index (χ0v) is 18.2. The summed E-state index contributed by atoms with van der Waals surface area (Å²) in [6.07, 6.45) is -0.239. The Hall–Kier alpha value is -3.92. The highest BCUT2D eigenvalue weighted by Crippen LogP contribution is 2.33. The molecule has 3 aromatic heterocycles. The molecule has 0 saturated carbocycles. The third-order valence-corrected chi connectivity index (χ3v) is 5.16. The minimum absolute atomic E-state index is 0.0234. The number of pyridine rings is 2. The molecule has 4 rings (SSSR count). The van der Waals surface area contributed by atoms with Crippen molar-refractivity contribution in [3.05, 3.63) is 93.6 Å². The summed E-state index contributed by atoms with van der Waals surface area (Å²) in [5.41, 5.74) is -0.869. The van der Waals surface area contributed by atoms with E-state index in [1.54, 1.807) is 30.3 Å². The fraction of sp³-hybridized carbons (Fsp3) is 0.130. The maximum absolute atomic E-state index is 13.2. The van der Waals surface area contributed by atoms with Gasteiger partial charge in [0.05, 0.1) is 18.0 Å². The van der Waals surface area contributed by atoms with Crippen LogP contribution in [0.3, 0.4) is 0 Å². The van der Waals surface area contributed by atoms with Crippen LogP contribution in [0.25, 0.3) is 16.8 Å². The molecule has 0 fully saturated rings. The Morgan fingerprint density at radius 1 is 1.18 bits per heavy atom. The molecule has 0 aliphatic carbocycles. The Balaban J connectivity index is 1.68. The van der Waals surface area contributed by atoms with Gasteiger partial charge in [-0.15, -0.1) is 0 Å². The zero-order valence-electron chi connectivity index (χ0n) is 17.4. The van der Waals surface area contributed by atoms with Gasteiger partial charge in [-0.05, 0) is 29.8 Å². The van der Waals surface area contributed by atoms with Gasteiger partial charge in [0.25, 0.3) is 11.5 Å². The predicted molar refractivity (Wildman–Crippen MR) is 118 cm³/mol. The monoisotopic (exact) mass is 489 g/mol. The van der Waals surface area contributed by atoms with Crippen molar-refractivity contribution < 1.29 is 27.7 Å². The molecule has 0 radical (unpaired) electrons. The molecule has 0 saturated heterocycles. The van der Waals surface area contributed by atoms with Crippen LogP contribution in [0.1, 0.15) is 11.1 Å². The van der Waals surface area contributed by atoms with Crippen molar-refractivity contribution in [3.63, 3.8) is 0 Å². The summed E-state index contributed by atoms with van der Waals surface area (Å²) in [6.45, 7) is 0.103. The van der Waals surface area contributed by atoms with E-state index in [1.165, 1.54) is 39.7 Å². The number of aromatic hydroxyl groups is 1. The van der Waals surface area contributed by atoms with Gasteiger partial charge < -0.3 is 9.94 Å². The molecule has 0 amide bonds. The van der Waals surface area contributed by atoms with Crippen molar-refractivity contribution in [3.8, 4) is 17.0 Å². The molecule has 3 heterocycles. The van der Waals surface area contributed by atoms with Crippen molar-refractivity contribution in [2.45, 2.75) is 19.3 Å². The second-order valence-electron chi connectivity index (χ2n) is 7.17. The minimum atomic E-state index is -4.60. The molecule has 1 N–H and O–H groups in total. The van der Waals surface area contributed by atoms with E-state index in [2.05, 4.69) is 10.1 Å². The van der Waals surface area contributed by atoms with Gasteiger partial charge in [0, 0.05) is 17.8 Å². The van der Waals surface area contributed by atoms with E-state index in [0.29, 0.717) is 10.8 Å². The molecular formula is C23H17ClF3N4O3+. The summed E-state index contributed by atoms with van der Waals surface area (Å²) in [5.74, 6) is -0.496. The summed E-state index contributed by atoms with van der Waals surface area (Å²) in [6, 6.07) is 12.4. The molecule has 0 bridgehead atoms. The van der Waals surface area contributed by atoms with Crippen LogP contribution in [0.4, 0.5) is 13.2 Å². The first-order valence-corrected chi connectivity index (χ1v) is 10.3. The Kier molecular flexibility index (Phi) is 6.51. The summed E-state index contributed by atoms with van der Waals surface area (Å²) in [5, 5.41) is 15.1. The van der Waals surface area contributed by atoms with E-state index in [1.807, 2.05) is 0 Å². The number of hydrogen-bond donors (Lipinski definition) is 1. The van der Waals surface area contributed by atoms with Crippen molar-refractivity contribution in [2.24, 2.45) is 5.16 Å². The summed E-state index contributed by atoms with van der Waals surface area (Å²) >= 11 is 5.74. The largest absolute Gasteiger partial charge is 0.477 e. The van der Waals surface area contributed by atoms with Crippen molar-refractivity contribution >= 4 is 23.5 Å². The average Bonchev–Trinajstić information content (AvgIpc) is 2.82. The Morgan fingerprint density at radius 3 is 2.74 bits per heavy atom. The maximum atomic E-state index is 13.2. The van der Waals surface area contributed by atoms with Crippen LogP contribution in [0, 0.1) is 0 Å². The summed E-state index contributed by atoms with van der Waals surface area (Å²) in [4.78, 5) is 22.2. The van der Waals surface area contributed by atoms with E-state index >= 15 is 0 Å². The van der Waals surface area contributed by atoms with Gasteiger partial charge >= 0.3 is 11.7 Å². The molecule has 1 aromatic carbocycles. The first-order chi connectivity index (χ1) is 16.3. The lowest BCUT2D eigenvalue weighted by molar-refractivity contribution is -0.664. The highest BCUT2D eigenvalue weighted by atomic mass is 35.5. The van der Waals surface area contributed by atoms with E-state index in [-0.39, 0.29) is 24.3 Å². The fourth-order valence-electron chi connectivity index (χ4n) is 3.34. The first kappa shape index (κ1) is 23.2. The van der Waals surface area contributed by atoms with Gasteiger partial charge in [0.1, 0.15) is 18.3 Å². The van der Waals surface area contributed by atoms with Crippen LogP contribution >= 0.6 is 11.6 Å². The molecule has 4 aromatic rings. The van der Waals surface area contributed by atoms with Crippen LogP contribution in [0.5, 0.6) is 5.88 Å². The van der Waals surface area contributed by atoms with Crippen LogP contribution in [0.15, 0.2) is 76.9 Å². The predicted octanol–water partition coefficient (Wildman–Crippen LogP) is 4.23. The molecule has 0 aliphatic rings. The van der Waals surface area contributed by atoms with Crippen molar-refractivity contribution in [1.29, 1.82) is 0 Å². The van der Waals surface area contributed by atoms with Gasteiger partial charge in [-0.25, -0.2) is 9.78 Å². The smallest absolute Gasteiger partial charge is 0.416 e. The molecule has 7 nitrogen and oxygen atoms in total. The number of rotatable bonds is 6.